The van der Waals surface area contributed by atoms with Gasteiger partial charge in [0.15, 0.2) is 0 Å². The van der Waals surface area contributed by atoms with Gasteiger partial charge in [-0.25, -0.2) is 0 Å². The highest BCUT2D eigenvalue weighted by atomic mass is 16.3. The van der Waals surface area contributed by atoms with Gasteiger partial charge < -0.3 is 10.0 Å². The highest BCUT2D eigenvalue weighted by Gasteiger charge is 2.13. The van der Waals surface area contributed by atoms with Crippen LogP contribution in [0.25, 0.3) is 0 Å². The second kappa shape index (κ2) is 8.15. The van der Waals surface area contributed by atoms with Gasteiger partial charge in [0.25, 0.3) is 0 Å². The molecule has 0 aliphatic heterocycles. The summed E-state index contributed by atoms with van der Waals surface area (Å²) in [5, 5.41) is 9.88. The van der Waals surface area contributed by atoms with E-state index in [0.29, 0.717) is 0 Å². The second-order valence-corrected chi connectivity index (χ2v) is 4.93. The molecule has 1 aromatic rings. The molecule has 0 unspecified atom stereocenters. The van der Waals surface area contributed by atoms with Gasteiger partial charge in [0.1, 0.15) is 0 Å². The van der Waals surface area contributed by atoms with Crippen molar-refractivity contribution >= 4 is 5.69 Å². The van der Waals surface area contributed by atoms with Crippen LogP contribution >= 0.6 is 0 Å². The Kier molecular flexibility index (Phi) is 6.81. The highest BCUT2D eigenvalue weighted by molar-refractivity contribution is 5.54. The molecule has 0 fully saturated rings. The molecule has 0 amide bonds. The third-order valence-corrected chi connectivity index (χ3v) is 3.29. The molecule has 0 saturated carbocycles. The summed E-state index contributed by atoms with van der Waals surface area (Å²) in [6, 6.07) is 8.23. The Labute approximate surface area is 112 Å². The minimum absolute atomic E-state index is 0.396. The van der Waals surface area contributed by atoms with Crippen LogP contribution in [0, 0.1) is 0 Å². The van der Waals surface area contributed by atoms with Crippen LogP contribution in [-0.4, -0.2) is 18.2 Å². The van der Waals surface area contributed by atoms with Gasteiger partial charge in [0.05, 0.1) is 6.10 Å². The minimum atomic E-state index is -0.396. The number of aliphatic hydroxyl groups excluding tert-OH is 1. The van der Waals surface area contributed by atoms with E-state index in [1.165, 1.54) is 31.4 Å². The van der Waals surface area contributed by atoms with Gasteiger partial charge in [-0.15, -0.1) is 0 Å². The van der Waals surface area contributed by atoms with Crippen molar-refractivity contribution in [1.29, 1.82) is 0 Å². The van der Waals surface area contributed by atoms with Gasteiger partial charge in [0.2, 0.25) is 0 Å². The lowest BCUT2D eigenvalue weighted by atomic mass is 10.1. The number of nitrogens with zero attached hydrogens (tertiary/aromatic N) is 1. The van der Waals surface area contributed by atoms with Gasteiger partial charge in [0, 0.05) is 24.3 Å². The second-order valence-electron chi connectivity index (χ2n) is 4.93. The fraction of sp³-hybridized carbons (Fsp3) is 0.625. The van der Waals surface area contributed by atoms with E-state index in [1.807, 2.05) is 19.1 Å². The molecule has 18 heavy (non-hydrogen) atoms. The fourth-order valence-corrected chi connectivity index (χ4v) is 2.18. The van der Waals surface area contributed by atoms with E-state index >= 15 is 0 Å². The Hall–Kier alpha value is -1.02. The molecule has 1 N–H and O–H groups in total. The average Bonchev–Trinajstić information content (AvgIpc) is 2.39. The molecule has 0 bridgehead atoms. The average molecular weight is 249 g/mol. The molecule has 2 heteroatoms. The SMILES string of the molecule is CCCCN(CCCC)c1ccccc1[C@@H](C)O. The number of hydrogen-bond donors (Lipinski definition) is 1. The van der Waals surface area contributed by atoms with E-state index in [1.54, 1.807) is 0 Å². The zero-order chi connectivity index (χ0) is 13.4. The lowest BCUT2D eigenvalue weighted by Crippen LogP contribution is -2.27. The molecule has 0 aromatic heterocycles. The number of aliphatic hydroxyl groups is 1. The third kappa shape index (κ3) is 4.34. The molecule has 0 radical (unpaired) electrons. The molecule has 0 aliphatic rings. The number of anilines is 1. The lowest BCUT2D eigenvalue weighted by molar-refractivity contribution is 0.199. The molecule has 102 valence electrons. The Morgan fingerprint density at radius 2 is 1.61 bits per heavy atom. The predicted octanol–water partition coefficient (Wildman–Crippen LogP) is 4.15. The normalized spacial score (nSPS) is 12.4. The number of rotatable bonds is 8. The molecule has 0 saturated heterocycles. The van der Waals surface area contributed by atoms with E-state index in [2.05, 4.69) is 30.9 Å². The standard InChI is InChI=1S/C16H27NO/c1-4-6-12-17(13-7-5-2)16-11-9-8-10-15(16)14(3)18/h8-11,14,18H,4-7,12-13H2,1-3H3/t14-/m1/s1. The van der Waals surface area contributed by atoms with E-state index < -0.39 is 6.10 Å². The minimum Gasteiger partial charge on any atom is -0.389 e. The zero-order valence-corrected chi connectivity index (χ0v) is 12.0. The summed E-state index contributed by atoms with van der Waals surface area (Å²) in [4.78, 5) is 2.43. The number of hydrogen-bond acceptors (Lipinski definition) is 2. The van der Waals surface area contributed by atoms with Crippen molar-refractivity contribution in [3.8, 4) is 0 Å². The van der Waals surface area contributed by atoms with Crippen LogP contribution in [0.5, 0.6) is 0 Å². The summed E-state index contributed by atoms with van der Waals surface area (Å²) in [7, 11) is 0. The van der Waals surface area contributed by atoms with Crippen molar-refractivity contribution in [3.63, 3.8) is 0 Å². The van der Waals surface area contributed by atoms with Crippen molar-refractivity contribution < 1.29 is 5.11 Å². The smallest absolute Gasteiger partial charge is 0.0781 e. The Bertz CT molecular complexity index is 328. The van der Waals surface area contributed by atoms with Gasteiger partial charge in [-0.3, -0.25) is 0 Å². The number of unbranched alkanes of at least 4 members (excludes halogenated alkanes) is 2. The molecule has 0 spiro atoms. The third-order valence-electron chi connectivity index (χ3n) is 3.29. The van der Waals surface area contributed by atoms with Crippen molar-refractivity contribution in [3.05, 3.63) is 29.8 Å². The van der Waals surface area contributed by atoms with Crippen molar-refractivity contribution in [2.45, 2.75) is 52.6 Å². The summed E-state index contributed by atoms with van der Waals surface area (Å²) in [6.07, 6.45) is 4.43. The van der Waals surface area contributed by atoms with Gasteiger partial charge >= 0.3 is 0 Å². The monoisotopic (exact) mass is 249 g/mol. The first-order valence-electron chi connectivity index (χ1n) is 7.22. The van der Waals surface area contributed by atoms with Crippen LogP contribution < -0.4 is 4.90 Å². The maximum Gasteiger partial charge on any atom is 0.0781 e. The van der Waals surface area contributed by atoms with E-state index in [-0.39, 0.29) is 0 Å². The zero-order valence-electron chi connectivity index (χ0n) is 12.0. The van der Waals surface area contributed by atoms with Gasteiger partial charge in [-0.2, -0.15) is 0 Å². The first-order chi connectivity index (χ1) is 8.70. The largest absolute Gasteiger partial charge is 0.389 e. The number of benzene rings is 1. The summed E-state index contributed by atoms with van der Waals surface area (Å²) < 4.78 is 0. The Morgan fingerprint density at radius 3 is 2.11 bits per heavy atom. The van der Waals surface area contributed by atoms with Crippen molar-refractivity contribution in [1.82, 2.24) is 0 Å². The van der Waals surface area contributed by atoms with Crippen LogP contribution in [-0.2, 0) is 0 Å². The Morgan fingerprint density at radius 1 is 1.06 bits per heavy atom. The molecular formula is C16H27NO. The van der Waals surface area contributed by atoms with Gasteiger partial charge in [-0.1, -0.05) is 44.9 Å². The summed E-state index contributed by atoms with van der Waals surface area (Å²) in [5.41, 5.74) is 2.25. The van der Waals surface area contributed by atoms with Crippen molar-refractivity contribution in [2.24, 2.45) is 0 Å². The molecule has 1 rings (SSSR count). The quantitative estimate of drug-likeness (QED) is 0.748. The topological polar surface area (TPSA) is 23.5 Å². The van der Waals surface area contributed by atoms with Gasteiger partial charge in [-0.05, 0) is 25.8 Å². The number of para-hydroxylation sites is 1. The lowest BCUT2D eigenvalue weighted by Gasteiger charge is -2.28. The maximum atomic E-state index is 9.88. The molecule has 2 nitrogen and oxygen atoms in total. The summed E-state index contributed by atoms with van der Waals surface area (Å²) in [5.74, 6) is 0. The van der Waals surface area contributed by atoms with Crippen molar-refractivity contribution in [2.75, 3.05) is 18.0 Å². The molecular weight excluding hydrogens is 222 g/mol. The fourth-order valence-electron chi connectivity index (χ4n) is 2.18. The first-order valence-corrected chi connectivity index (χ1v) is 7.22. The predicted molar refractivity (Wildman–Crippen MR) is 79.1 cm³/mol. The molecule has 1 atom stereocenters. The highest BCUT2D eigenvalue weighted by Crippen LogP contribution is 2.26. The molecule has 0 heterocycles. The van der Waals surface area contributed by atoms with Crippen LogP contribution in [0.15, 0.2) is 24.3 Å². The Balaban J connectivity index is 2.88. The van der Waals surface area contributed by atoms with Crippen LogP contribution in [0.1, 0.15) is 58.1 Å². The van der Waals surface area contributed by atoms with E-state index in [4.69, 9.17) is 0 Å². The van der Waals surface area contributed by atoms with E-state index in [0.717, 1.165) is 18.7 Å². The summed E-state index contributed by atoms with van der Waals surface area (Å²) in [6.45, 7) is 8.45. The van der Waals surface area contributed by atoms with Crippen LogP contribution in [0.3, 0.4) is 0 Å². The van der Waals surface area contributed by atoms with Crippen LogP contribution in [0.4, 0.5) is 5.69 Å². The van der Waals surface area contributed by atoms with Crippen LogP contribution in [0.2, 0.25) is 0 Å². The van der Waals surface area contributed by atoms with E-state index in [9.17, 15) is 5.11 Å². The molecule has 1 aromatic carbocycles. The molecule has 0 aliphatic carbocycles. The maximum absolute atomic E-state index is 9.88. The first kappa shape index (κ1) is 15.0. The summed E-state index contributed by atoms with van der Waals surface area (Å²) >= 11 is 0.